The van der Waals surface area contributed by atoms with Gasteiger partial charge in [0.2, 0.25) is 0 Å². The number of nitrogens with zero attached hydrogens (tertiary/aromatic N) is 2. The molecule has 0 amide bonds. The SMILES string of the molecule is CCNc1nc(C2CCC(CC)CC2)nc2sccc12. The van der Waals surface area contributed by atoms with E-state index in [2.05, 4.69) is 30.6 Å². The smallest absolute Gasteiger partial charge is 0.138 e. The van der Waals surface area contributed by atoms with Crippen molar-refractivity contribution >= 4 is 27.4 Å². The van der Waals surface area contributed by atoms with Crippen molar-refractivity contribution < 1.29 is 0 Å². The van der Waals surface area contributed by atoms with E-state index < -0.39 is 0 Å². The molecule has 1 saturated carbocycles. The number of nitrogens with one attached hydrogen (secondary N) is 1. The second kappa shape index (κ2) is 6.08. The summed E-state index contributed by atoms with van der Waals surface area (Å²) in [6, 6.07) is 2.12. The minimum atomic E-state index is 0.557. The van der Waals surface area contributed by atoms with Crippen LogP contribution in [-0.4, -0.2) is 16.5 Å². The average molecular weight is 289 g/mol. The molecule has 0 bridgehead atoms. The molecular formula is C16H23N3S. The van der Waals surface area contributed by atoms with Crippen LogP contribution in [0.25, 0.3) is 10.2 Å². The number of hydrogen-bond donors (Lipinski definition) is 1. The quantitative estimate of drug-likeness (QED) is 0.878. The third kappa shape index (κ3) is 2.66. The Balaban J connectivity index is 1.88. The number of aromatic nitrogens is 2. The van der Waals surface area contributed by atoms with Gasteiger partial charge in [-0.2, -0.15) is 0 Å². The maximum absolute atomic E-state index is 4.82. The lowest BCUT2D eigenvalue weighted by Gasteiger charge is -2.27. The van der Waals surface area contributed by atoms with Gasteiger partial charge in [-0.1, -0.05) is 13.3 Å². The van der Waals surface area contributed by atoms with Crippen LogP contribution in [-0.2, 0) is 0 Å². The molecule has 0 unspecified atom stereocenters. The van der Waals surface area contributed by atoms with Gasteiger partial charge in [-0.05, 0) is 50.0 Å². The molecule has 0 aromatic carbocycles. The molecule has 2 aromatic heterocycles. The lowest BCUT2D eigenvalue weighted by Crippen LogP contribution is -2.15. The Morgan fingerprint density at radius 1 is 1.20 bits per heavy atom. The van der Waals surface area contributed by atoms with E-state index in [1.165, 1.54) is 37.5 Å². The fourth-order valence-corrected chi connectivity index (χ4v) is 3.96. The van der Waals surface area contributed by atoms with E-state index in [1.54, 1.807) is 11.3 Å². The molecule has 108 valence electrons. The first-order valence-electron chi connectivity index (χ1n) is 7.80. The number of rotatable bonds is 4. The third-order valence-electron chi connectivity index (χ3n) is 4.48. The number of hydrogen-bond acceptors (Lipinski definition) is 4. The number of fused-ring (bicyclic) bond motifs is 1. The first kappa shape index (κ1) is 13.8. The molecule has 0 spiro atoms. The molecule has 3 rings (SSSR count). The van der Waals surface area contributed by atoms with Crippen LogP contribution in [0.5, 0.6) is 0 Å². The minimum absolute atomic E-state index is 0.557. The maximum atomic E-state index is 4.82. The second-order valence-electron chi connectivity index (χ2n) is 5.73. The largest absolute Gasteiger partial charge is 0.370 e. The highest BCUT2D eigenvalue weighted by molar-refractivity contribution is 7.16. The van der Waals surface area contributed by atoms with Gasteiger partial charge in [0.15, 0.2) is 0 Å². The Hall–Kier alpha value is -1.16. The van der Waals surface area contributed by atoms with E-state index in [9.17, 15) is 0 Å². The molecule has 1 N–H and O–H groups in total. The normalized spacial score (nSPS) is 23.1. The molecule has 2 heterocycles. The summed E-state index contributed by atoms with van der Waals surface area (Å²) >= 11 is 1.72. The molecule has 1 aliphatic carbocycles. The van der Waals surface area contributed by atoms with Crippen LogP contribution in [0.15, 0.2) is 11.4 Å². The van der Waals surface area contributed by atoms with E-state index in [-0.39, 0.29) is 0 Å². The van der Waals surface area contributed by atoms with Gasteiger partial charge in [0.05, 0.1) is 5.39 Å². The summed E-state index contributed by atoms with van der Waals surface area (Å²) < 4.78 is 0. The zero-order chi connectivity index (χ0) is 13.9. The zero-order valence-corrected chi connectivity index (χ0v) is 13.2. The van der Waals surface area contributed by atoms with Crippen LogP contribution in [0.4, 0.5) is 5.82 Å². The highest BCUT2D eigenvalue weighted by Crippen LogP contribution is 2.37. The van der Waals surface area contributed by atoms with Crippen LogP contribution < -0.4 is 5.32 Å². The molecule has 4 heteroatoms. The van der Waals surface area contributed by atoms with Gasteiger partial charge in [-0.15, -0.1) is 11.3 Å². The van der Waals surface area contributed by atoms with Crippen LogP contribution in [0.2, 0.25) is 0 Å². The molecular weight excluding hydrogens is 266 g/mol. The molecule has 20 heavy (non-hydrogen) atoms. The lowest BCUT2D eigenvalue weighted by molar-refractivity contribution is 0.312. The first-order chi connectivity index (χ1) is 9.81. The summed E-state index contributed by atoms with van der Waals surface area (Å²) in [7, 11) is 0. The van der Waals surface area contributed by atoms with Crippen LogP contribution >= 0.6 is 11.3 Å². The highest BCUT2D eigenvalue weighted by atomic mass is 32.1. The maximum Gasteiger partial charge on any atom is 0.138 e. The van der Waals surface area contributed by atoms with Gasteiger partial charge >= 0.3 is 0 Å². The van der Waals surface area contributed by atoms with E-state index >= 15 is 0 Å². The van der Waals surface area contributed by atoms with Gasteiger partial charge in [0, 0.05) is 12.5 Å². The van der Waals surface area contributed by atoms with E-state index in [1.807, 2.05) is 0 Å². The van der Waals surface area contributed by atoms with E-state index in [0.717, 1.165) is 28.9 Å². The van der Waals surface area contributed by atoms with E-state index in [4.69, 9.17) is 9.97 Å². The highest BCUT2D eigenvalue weighted by Gasteiger charge is 2.24. The van der Waals surface area contributed by atoms with E-state index in [0.29, 0.717) is 5.92 Å². The minimum Gasteiger partial charge on any atom is -0.370 e. The summed E-state index contributed by atoms with van der Waals surface area (Å²) in [6.07, 6.45) is 6.50. The monoisotopic (exact) mass is 289 g/mol. The van der Waals surface area contributed by atoms with Gasteiger partial charge in [-0.3, -0.25) is 0 Å². The second-order valence-corrected chi connectivity index (χ2v) is 6.62. The van der Waals surface area contributed by atoms with Crippen LogP contribution in [0.3, 0.4) is 0 Å². The van der Waals surface area contributed by atoms with Gasteiger partial charge in [0.25, 0.3) is 0 Å². The molecule has 3 nitrogen and oxygen atoms in total. The predicted octanol–water partition coefficient (Wildman–Crippen LogP) is 4.81. The summed E-state index contributed by atoms with van der Waals surface area (Å²) in [5.74, 6) is 3.56. The number of thiophene rings is 1. The Bertz CT molecular complexity index is 570. The number of anilines is 1. The van der Waals surface area contributed by atoms with Crippen molar-refractivity contribution in [2.45, 2.75) is 51.9 Å². The Kier molecular flexibility index (Phi) is 4.20. The topological polar surface area (TPSA) is 37.8 Å². The van der Waals surface area contributed by atoms with Crippen molar-refractivity contribution in [2.75, 3.05) is 11.9 Å². The standard InChI is InChI=1S/C16H23N3S/c1-3-11-5-7-12(8-6-11)14-18-15(17-4-2)13-9-10-20-16(13)19-14/h9-12H,3-8H2,1-2H3,(H,17,18,19). The van der Waals surface area contributed by atoms with Crippen molar-refractivity contribution in [2.24, 2.45) is 5.92 Å². The van der Waals surface area contributed by atoms with Crippen molar-refractivity contribution in [1.29, 1.82) is 0 Å². The first-order valence-corrected chi connectivity index (χ1v) is 8.68. The molecule has 2 aromatic rings. The van der Waals surface area contributed by atoms with Gasteiger partial charge in [0.1, 0.15) is 16.5 Å². The third-order valence-corrected chi connectivity index (χ3v) is 5.28. The fraction of sp³-hybridized carbons (Fsp3) is 0.625. The lowest BCUT2D eigenvalue weighted by atomic mass is 9.80. The summed E-state index contributed by atoms with van der Waals surface area (Å²) in [5, 5.41) is 6.67. The summed E-state index contributed by atoms with van der Waals surface area (Å²) in [5.41, 5.74) is 0. The molecule has 1 aliphatic rings. The molecule has 0 saturated heterocycles. The molecule has 1 fully saturated rings. The molecule has 0 atom stereocenters. The van der Waals surface area contributed by atoms with Gasteiger partial charge < -0.3 is 5.32 Å². The van der Waals surface area contributed by atoms with Gasteiger partial charge in [-0.25, -0.2) is 9.97 Å². The Morgan fingerprint density at radius 3 is 2.70 bits per heavy atom. The molecule has 0 radical (unpaired) electrons. The molecule has 0 aliphatic heterocycles. The Morgan fingerprint density at radius 2 is 2.00 bits per heavy atom. The van der Waals surface area contributed by atoms with Crippen molar-refractivity contribution in [3.63, 3.8) is 0 Å². The zero-order valence-electron chi connectivity index (χ0n) is 12.4. The van der Waals surface area contributed by atoms with Crippen LogP contribution in [0.1, 0.15) is 57.7 Å². The average Bonchev–Trinajstić information content (AvgIpc) is 2.96. The summed E-state index contributed by atoms with van der Waals surface area (Å²) in [6.45, 7) is 5.33. The van der Waals surface area contributed by atoms with Crippen molar-refractivity contribution in [3.8, 4) is 0 Å². The fourth-order valence-electron chi connectivity index (χ4n) is 3.19. The summed E-state index contributed by atoms with van der Waals surface area (Å²) in [4.78, 5) is 10.8. The predicted molar refractivity (Wildman–Crippen MR) is 86.6 cm³/mol. The van der Waals surface area contributed by atoms with Crippen molar-refractivity contribution in [1.82, 2.24) is 9.97 Å². The Labute approximate surface area is 124 Å². The van der Waals surface area contributed by atoms with Crippen molar-refractivity contribution in [3.05, 3.63) is 17.3 Å². The van der Waals surface area contributed by atoms with Crippen LogP contribution in [0, 0.1) is 5.92 Å².